The van der Waals surface area contributed by atoms with Gasteiger partial charge in [0.2, 0.25) is 0 Å². The van der Waals surface area contributed by atoms with Crippen LogP contribution in [-0.2, 0) is 0 Å². The Labute approximate surface area is 81.3 Å². The van der Waals surface area contributed by atoms with E-state index in [0.717, 1.165) is 0 Å². The number of amides is 1. The van der Waals surface area contributed by atoms with Gasteiger partial charge in [0.15, 0.2) is 0 Å². The van der Waals surface area contributed by atoms with Gasteiger partial charge in [0.1, 0.15) is 11.3 Å². The van der Waals surface area contributed by atoms with Crippen LogP contribution in [0, 0.1) is 6.92 Å². The van der Waals surface area contributed by atoms with E-state index in [9.17, 15) is 9.90 Å². The van der Waals surface area contributed by atoms with Gasteiger partial charge in [-0.3, -0.25) is 4.79 Å². The number of aromatic nitrogens is 1. The maximum atomic E-state index is 11.7. The van der Waals surface area contributed by atoms with Gasteiger partial charge in [-0.05, 0) is 13.8 Å². The Bertz CT molecular complexity index is 362. The van der Waals surface area contributed by atoms with E-state index in [1.807, 2.05) is 0 Å². The molecular formula is C9H12N2O3. The monoisotopic (exact) mass is 196 g/mol. The van der Waals surface area contributed by atoms with Crippen LogP contribution in [0.25, 0.3) is 0 Å². The van der Waals surface area contributed by atoms with Crippen molar-refractivity contribution in [3.05, 3.63) is 17.5 Å². The fraction of sp³-hybridized carbons (Fsp3) is 0.556. The maximum absolute atomic E-state index is 11.7. The first-order valence-electron chi connectivity index (χ1n) is 4.42. The highest BCUT2D eigenvalue weighted by Crippen LogP contribution is 2.22. The molecule has 1 aromatic heterocycles. The summed E-state index contributed by atoms with van der Waals surface area (Å²) >= 11 is 0. The molecule has 0 spiro atoms. The summed E-state index contributed by atoms with van der Waals surface area (Å²) in [7, 11) is 0. The van der Waals surface area contributed by atoms with E-state index in [1.165, 1.54) is 6.20 Å². The van der Waals surface area contributed by atoms with Crippen LogP contribution in [-0.4, -0.2) is 39.8 Å². The molecular weight excluding hydrogens is 184 g/mol. The lowest BCUT2D eigenvalue weighted by Gasteiger charge is -2.43. The average molecular weight is 196 g/mol. The number of hydrogen-bond acceptors (Lipinski definition) is 4. The van der Waals surface area contributed by atoms with Crippen molar-refractivity contribution in [1.82, 2.24) is 10.1 Å². The number of β-amino-alcohol motifs (C(OH)–C–C–N with tert-alkyl or cyclic N) is 1. The van der Waals surface area contributed by atoms with Gasteiger partial charge in [-0.1, -0.05) is 5.16 Å². The third-order valence-electron chi connectivity index (χ3n) is 2.33. The van der Waals surface area contributed by atoms with Crippen LogP contribution in [0.3, 0.4) is 0 Å². The Kier molecular flexibility index (Phi) is 1.85. The minimum Gasteiger partial charge on any atom is -0.386 e. The summed E-state index contributed by atoms with van der Waals surface area (Å²) in [5, 5.41) is 13.0. The third kappa shape index (κ3) is 1.39. The topological polar surface area (TPSA) is 66.6 Å². The first-order valence-corrected chi connectivity index (χ1v) is 4.42. The molecule has 5 nitrogen and oxygen atoms in total. The number of nitrogens with zero attached hydrogens (tertiary/aromatic N) is 2. The number of aryl methyl sites for hydroxylation is 1. The zero-order valence-corrected chi connectivity index (χ0v) is 8.15. The number of hydrogen-bond donors (Lipinski definition) is 1. The summed E-state index contributed by atoms with van der Waals surface area (Å²) in [6.45, 7) is 4.14. The average Bonchev–Trinajstić information content (AvgIpc) is 2.45. The summed E-state index contributed by atoms with van der Waals surface area (Å²) in [5.41, 5.74) is -0.263. The van der Waals surface area contributed by atoms with Gasteiger partial charge >= 0.3 is 0 Å². The van der Waals surface area contributed by atoms with E-state index in [1.54, 1.807) is 18.7 Å². The van der Waals surface area contributed by atoms with Gasteiger partial charge < -0.3 is 14.5 Å². The zero-order chi connectivity index (χ0) is 10.3. The molecule has 1 aliphatic rings. The lowest BCUT2D eigenvalue weighted by Crippen LogP contribution is -2.61. The van der Waals surface area contributed by atoms with Crippen LogP contribution >= 0.6 is 0 Å². The Morgan fingerprint density at radius 3 is 2.79 bits per heavy atom. The van der Waals surface area contributed by atoms with Gasteiger partial charge in [-0.25, -0.2) is 0 Å². The first-order chi connectivity index (χ1) is 6.49. The van der Waals surface area contributed by atoms with Crippen molar-refractivity contribution >= 4 is 5.91 Å². The molecule has 0 unspecified atom stereocenters. The summed E-state index contributed by atoms with van der Waals surface area (Å²) < 4.78 is 4.80. The summed E-state index contributed by atoms with van der Waals surface area (Å²) in [5.74, 6) is 0.386. The highest BCUT2D eigenvalue weighted by atomic mass is 16.5. The molecule has 1 aliphatic heterocycles. The highest BCUT2D eigenvalue weighted by Gasteiger charge is 2.40. The van der Waals surface area contributed by atoms with Crippen molar-refractivity contribution in [1.29, 1.82) is 0 Å². The van der Waals surface area contributed by atoms with Gasteiger partial charge in [0, 0.05) is 0 Å². The number of carbonyl (C=O) groups excluding carboxylic acids is 1. The van der Waals surface area contributed by atoms with E-state index in [2.05, 4.69) is 5.16 Å². The molecule has 76 valence electrons. The van der Waals surface area contributed by atoms with Gasteiger partial charge in [-0.15, -0.1) is 0 Å². The van der Waals surface area contributed by atoms with E-state index in [0.29, 0.717) is 24.4 Å². The minimum atomic E-state index is -0.735. The van der Waals surface area contributed by atoms with Crippen LogP contribution in [0.15, 0.2) is 10.7 Å². The number of rotatable bonds is 1. The predicted octanol–water partition coefficient (Wildman–Crippen LogP) is 0.190. The van der Waals surface area contributed by atoms with Gasteiger partial charge in [0.05, 0.1) is 24.9 Å². The van der Waals surface area contributed by atoms with Crippen molar-refractivity contribution in [3.63, 3.8) is 0 Å². The quantitative estimate of drug-likeness (QED) is 0.696. The van der Waals surface area contributed by atoms with E-state index < -0.39 is 5.60 Å². The maximum Gasteiger partial charge on any atom is 0.259 e. The van der Waals surface area contributed by atoms with Crippen molar-refractivity contribution < 1.29 is 14.4 Å². The van der Waals surface area contributed by atoms with Crippen LogP contribution in [0.2, 0.25) is 0 Å². The summed E-state index contributed by atoms with van der Waals surface area (Å²) in [6, 6.07) is 0. The lowest BCUT2D eigenvalue weighted by atomic mass is 9.96. The van der Waals surface area contributed by atoms with Crippen LogP contribution < -0.4 is 0 Å². The molecule has 1 saturated heterocycles. The van der Waals surface area contributed by atoms with Crippen molar-refractivity contribution in [2.45, 2.75) is 19.4 Å². The van der Waals surface area contributed by atoms with Gasteiger partial charge in [-0.2, -0.15) is 0 Å². The van der Waals surface area contributed by atoms with Crippen LogP contribution in [0.1, 0.15) is 23.0 Å². The normalized spacial score (nSPS) is 19.2. The Hall–Kier alpha value is -1.36. The molecule has 1 amide bonds. The van der Waals surface area contributed by atoms with Crippen LogP contribution in [0.4, 0.5) is 0 Å². The molecule has 5 heteroatoms. The Morgan fingerprint density at radius 2 is 2.36 bits per heavy atom. The standard InChI is InChI=1S/C9H12N2O3/c1-6-7(3-10-14-6)8(12)11-4-9(2,13)5-11/h3,13H,4-5H2,1-2H3. The molecule has 0 bridgehead atoms. The predicted molar refractivity (Wildman–Crippen MR) is 47.8 cm³/mol. The molecule has 1 aromatic rings. The summed E-state index contributed by atoms with van der Waals surface area (Å²) in [6.07, 6.45) is 1.41. The highest BCUT2D eigenvalue weighted by molar-refractivity contribution is 5.95. The number of carbonyl (C=O) groups is 1. The molecule has 1 fully saturated rings. The van der Waals surface area contributed by atoms with Gasteiger partial charge in [0.25, 0.3) is 5.91 Å². The fourth-order valence-corrected chi connectivity index (χ4v) is 1.59. The Balaban J connectivity index is 2.08. The Morgan fingerprint density at radius 1 is 1.71 bits per heavy atom. The molecule has 0 radical (unpaired) electrons. The molecule has 2 heterocycles. The molecule has 0 aliphatic carbocycles. The second kappa shape index (κ2) is 2.81. The van der Waals surface area contributed by atoms with Crippen molar-refractivity contribution in [2.75, 3.05) is 13.1 Å². The number of likely N-dealkylation sites (tertiary alicyclic amines) is 1. The summed E-state index contributed by atoms with van der Waals surface area (Å²) in [4.78, 5) is 13.3. The molecule has 14 heavy (non-hydrogen) atoms. The lowest BCUT2D eigenvalue weighted by molar-refractivity contribution is -0.0669. The second-order valence-corrected chi connectivity index (χ2v) is 3.95. The molecule has 0 aromatic carbocycles. The zero-order valence-electron chi connectivity index (χ0n) is 8.15. The second-order valence-electron chi connectivity index (χ2n) is 3.95. The molecule has 0 saturated carbocycles. The largest absolute Gasteiger partial charge is 0.386 e. The minimum absolute atomic E-state index is 0.129. The fourth-order valence-electron chi connectivity index (χ4n) is 1.59. The van der Waals surface area contributed by atoms with Crippen molar-refractivity contribution in [2.24, 2.45) is 0 Å². The third-order valence-corrected chi connectivity index (χ3v) is 2.33. The number of aliphatic hydroxyl groups is 1. The molecule has 0 atom stereocenters. The smallest absolute Gasteiger partial charge is 0.259 e. The first kappa shape index (κ1) is 9.21. The van der Waals surface area contributed by atoms with E-state index in [-0.39, 0.29) is 5.91 Å². The SMILES string of the molecule is Cc1oncc1C(=O)N1CC(C)(O)C1. The molecule has 2 rings (SSSR count). The van der Waals surface area contributed by atoms with Crippen LogP contribution in [0.5, 0.6) is 0 Å². The van der Waals surface area contributed by atoms with E-state index >= 15 is 0 Å². The van der Waals surface area contributed by atoms with E-state index in [4.69, 9.17) is 4.52 Å². The molecule has 1 N–H and O–H groups in total. The van der Waals surface area contributed by atoms with Crippen molar-refractivity contribution in [3.8, 4) is 0 Å².